The molecule has 1 aromatic rings. The van der Waals surface area contributed by atoms with E-state index in [-0.39, 0.29) is 17.9 Å². The summed E-state index contributed by atoms with van der Waals surface area (Å²) in [5.41, 5.74) is 0.896. The van der Waals surface area contributed by atoms with Crippen molar-refractivity contribution in [3.05, 3.63) is 23.5 Å². The summed E-state index contributed by atoms with van der Waals surface area (Å²) < 4.78 is 0. The van der Waals surface area contributed by atoms with E-state index in [0.29, 0.717) is 37.3 Å². The summed E-state index contributed by atoms with van der Waals surface area (Å²) in [6.45, 7) is 1.76. The Labute approximate surface area is 110 Å². The van der Waals surface area contributed by atoms with Gasteiger partial charge in [-0.25, -0.2) is 0 Å². The zero-order valence-corrected chi connectivity index (χ0v) is 10.4. The van der Waals surface area contributed by atoms with E-state index in [2.05, 4.69) is 4.98 Å². The zero-order chi connectivity index (χ0) is 13.4. The molecule has 0 bridgehead atoms. The van der Waals surface area contributed by atoms with Crippen LogP contribution in [0.1, 0.15) is 28.9 Å². The maximum Gasteiger partial charge on any atom is 0.270 e. The molecule has 98 valence electrons. The van der Waals surface area contributed by atoms with Gasteiger partial charge in [0.25, 0.3) is 5.91 Å². The van der Waals surface area contributed by atoms with Crippen LogP contribution in [0, 0.1) is 11.3 Å². The molecule has 0 aromatic carbocycles. The van der Waals surface area contributed by atoms with E-state index in [9.17, 15) is 9.59 Å². The number of nitrogens with one attached hydrogen (secondary N) is 1. The van der Waals surface area contributed by atoms with Gasteiger partial charge in [0.2, 0.25) is 5.91 Å². The maximum absolute atomic E-state index is 12.3. The molecule has 1 N–H and O–H groups in total. The highest BCUT2D eigenvalue weighted by Crippen LogP contribution is 2.23. The van der Waals surface area contributed by atoms with Crippen molar-refractivity contribution in [2.75, 3.05) is 19.6 Å². The van der Waals surface area contributed by atoms with E-state index in [1.54, 1.807) is 11.0 Å². The Kier molecular flexibility index (Phi) is 2.75. The summed E-state index contributed by atoms with van der Waals surface area (Å²) in [6.07, 6.45) is 2.95. The molecule has 3 rings (SSSR count). The van der Waals surface area contributed by atoms with Gasteiger partial charge in [-0.1, -0.05) is 0 Å². The van der Waals surface area contributed by atoms with Gasteiger partial charge in [-0.05, 0) is 12.5 Å². The molecule has 6 heteroatoms. The molecule has 19 heavy (non-hydrogen) atoms. The van der Waals surface area contributed by atoms with Gasteiger partial charge in [-0.15, -0.1) is 0 Å². The van der Waals surface area contributed by atoms with Crippen molar-refractivity contribution >= 4 is 11.8 Å². The summed E-state index contributed by atoms with van der Waals surface area (Å²) in [6, 6.07) is 3.72. The lowest BCUT2D eigenvalue weighted by atomic mass is 10.1. The number of nitrogens with zero attached hydrogens (tertiary/aromatic N) is 3. The average Bonchev–Trinajstić information content (AvgIpc) is 3.05. The quantitative estimate of drug-likeness (QED) is 0.788. The second kappa shape index (κ2) is 4.43. The molecule has 0 spiro atoms. The van der Waals surface area contributed by atoms with Crippen LogP contribution >= 0.6 is 0 Å². The average molecular weight is 258 g/mol. The van der Waals surface area contributed by atoms with Crippen LogP contribution in [0.2, 0.25) is 0 Å². The number of hydrogen-bond acceptors (Lipinski definition) is 3. The van der Waals surface area contributed by atoms with Crippen molar-refractivity contribution in [1.29, 1.82) is 5.26 Å². The largest absolute Gasteiger partial charge is 0.356 e. The number of fused-ring (bicyclic) bond motifs is 1. The summed E-state index contributed by atoms with van der Waals surface area (Å²) >= 11 is 0. The second-order valence-electron chi connectivity index (χ2n) is 4.94. The normalized spacial score (nSPS) is 22.3. The minimum absolute atomic E-state index is 0.0968. The number of amides is 2. The molecule has 0 saturated carbocycles. The second-order valence-corrected chi connectivity index (χ2v) is 4.94. The third kappa shape index (κ3) is 1.97. The first kappa shape index (κ1) is 11.8. The Morgan fingerprint density at radius 3 is 3.05 bits per heavy atom. The molecular formula is C13H14N4O2. The molecule has 2 aliphatic heterocycles. The number of carbonyl (C=O) groups excluding carboxylic acids is 2. The van der Waals surface area contributed by atoms with Crippen molar-refractivity contribution in [2.45, 2.75) is 18.9 Å². The van der Waals surface area contributed by atoms with Gasteiger partial charge in [0.15, 0.2) is 0 Å². The van der Waals surface area contributed by atoms with Crippen molar-refractivity contribution in [3.8, 4) is 6.07 Å². The van der Waals surface area contributed by atoms with Crippen molar-refractivity contribution in [1.82, 2.24) is 14.8 Å². The van der Waals surface area contributed by atoms with Crippen LogP contribution in [0.25, 0.3) is 0 Å². The summed E-state index contributed by atoms with van der Waals surface area (Å²) in [5, 5.41) is 8.76. The standard InChI is InChI=1S/C13H14N4O2/c14-6-9-5-11(15-7-9)13(19)16-3-4-17-10(8-16)1-2-12(17)18/h5,7,10,15H,1-4,8H2. The molecule has 2 aliphatic rings. The highest BCUT2D eigenvalue weighted by atomic mass is 16.2. The van der Waals surface area contributed by atoms with Gasteiger partial charge >= 0.3 is 0 Å². The lowest BCUT2D eigenvalue weighted by Crippen LogP contribution is -2.53. The van der Waals surface area contributed by atoms with Gasteiger partial charge in [-0.2, -0.15) is 5.26 Å². The molecule has 1 unspecified atom stereocenters. The fourth-order valence-electron chi connectivity index (χ4n) is 2.80. The van der Waals surface area contributed by atoms with Crippen LogP contribution in [0.4, 0.5) is 0 Å². The van der Waals surface area contributed by atoms with Gasteiger partial charge < -0.3 is 14.8 Å². The first-order valence-electron chi connectivity index (χ1n) is 6.36. The number of nitriles is 1. The van der Waals surface area contributed by atoms with Gasteiger partial charge in [0, 0.05) is 38.3 Å². The minimum atomic E-state index is -0.0968. The van der Waals surface area contributed by atoms with E-state index < -0.39 is 0 Å². The fraction of sp³-hybridized carbons (Fsp3) is 0.462. The maximum atomic E-state index is 12.3. The molecule has 2 saturated heterocycles. The number of hydrogen-bond donors (Lipinski definition) is 1. The Morgan fingerprint density at radius 2 is 2.32 bits per heavy atom. The minimum Gasteiger partial charge on any atom is -0.356 e. The predicted octanol–water partition coefficient (Wildman–Crippen LogP) is 0.333. The highest BCUT2D eigenvalue weighted by molar-refractivity contribution is 5.93. The number of aromatic amines is 1. The Hall–Kier alpha value is -2.29. The molecule has 2 fully saturated rings. The third-order valence-corrected chi connectivity index (χ3v) is 3.82. The first-order valence-corrected chi connectivity index (χ1v) is 6.36. The van der Waals surface area contributed by atoms with Gasteiger partial charge in [0.05, 0.1) is 5.56 Å². The van der Waals surface area contributed by atoms with Crippen LogP contribution < -0.4 is 0 Å². The Bertz CT molecular complexity index is 571. The zero-order valence-electron chi connectivity index (χ0n) is 10.4. The van der Waals surface area contributed by atoms with E-state index >= 15 is 0 Å². The van der Waals surface area contributed by atoms with Gasteiger partial charge in [0.1, 0.15) is 11.8 Å². The highest BCUT2D eigenvalue weighted by Gasteiger charge is 2.37. The third-order valence-electron chi connectivity index (χ3n) is 3.82. The lowest BCUT2D eigenvalue weighted by Gasteiger charge is -2.37. The van der Waals surface area contributed by atoms with Crippen LogP contribution in [0.3, 0.4) is 0 Å². The van der Waals surface area contributed by atoms with Crippen LogP contribution in [0.15, 0.2) is 12.3 Å². The molecule has 1 atom stereocenters. The van der Waals surface area contributed by atoms with Crippen molar-refractivity contribution < 1.29 is 9.59 Å². The molecule has 0 aliphatic carbocycles. The number of carbonyl (C=O) groups is 2. The van der Waals surface area contributed by atoms with Crippen molar-refractivity contribution in [3.63, 3.8) is 0 Å². The topological polar surface area (TPSA) is 80.2 Å². The number of H-pyrrole nitrogens is 1. The van der Waals surface area contributed by atoms with Gasteiger partial charge in [-0.3, -0.25) is 9.59 Å². The fourth-order valence-corrected chi connectivity index (χ4v) is 2.80. The summed E-state index contributed by atoms with van der Waals surface area (Å²) in [4.78, 5) is 30.3. The molecule has 2 amide bonds. The number of piperazine rings is 1. The number of aromatic nitrogens is 1. The van der Waals surface area contributed by atoms with Crippen LogP contribution in [-0.4, -0.2) is 52.3 Å². The predicted molar refractivity (Wildman–Crippen MR) is 66.1 cm³/mol. The number of rotatable bonds is 1. The smallest absolute Gasteiger partial charge is 0.270 e. The Morgan fingerprint density at radius 1 is 1.47 bits per heavy atom. The molecular weight excluding hydrogens is 244 g/mol. The lowest BCUT2D eigenvalue weighted by molar-refractivity contribution is -0.130. The van der Waals surface area contributed by atoms with E-state index in [1.807, 2.05) is 11.0 Å². The Balaban J connectivity index is 1.72. The van der Waals surface area contributed by atoms with E-state index in [1.165, 1.54) is 6.20 Å². The van der Waals surface area contributed by atoms with Crippen LogP contribution in [0.5, 0.6) is 0 Å². The summed E-state index contributed by atoms with van der Waals surface area (Å²) in [7, 11) is 0. The van der Waals surface area contributed by atoms with E-state index in [0.717, 1.165) is 6.42 Å². The SMILES string of the molecule is N#Cc1c[nH]c(C(=O)N2CCN3C(=O)CCC3C2)c1. The molecule has 3 heterocycles. The van der Waals surface area contributed by atoms with Crippen molar-refractivity contribution in [2.24, 2.45) is 0 Å². The monoisotopic (exact) mass is 258 g/mol. The molecule has 1 aromatic heterocycles. The molecule has 6 nitrogen and oxygen atoms in total. The molecule has 0 radical (unpaired) electrons. The van der Waals surface area contributed by atoms with E-state index in [4.69, 9.17) is 5.26 Å². The van der Waals surface area contributed by atoms with Crippen LogP contribution in [-0.2, 0) is 4.79 Å². The first-order chi connectivity index (χ1) is 9.19. The summed E-state index contributed by atoms with van der Waals surface area (Å²) in [5.74, 6) is 0.101.